The van der Waals surface area contributed by atoms with E-state index in [0.29, 0.717) is 6.54 Å². The van der Waals surface area contributed by atoms with Crippen molar-refractivity contribution in [3.05, 3.63) is 60.7 Å². The monoisotopic (exact) mass is 294 g/mol. The lowest BCUT2D eigenvalue weighted by Crippen LogP contribution is -2.64. The first kappa shape index (κ1) is 15.6. The van der Waals surface area contributed by atoms with Crippen LogP contribution >= 0.6 is 0 Å². The molecular weight excluding hydrogens is 270 g/mol. The van der Waals surface area contributed by atoms with E-state index in [9.17, 15) is 0 Å². The Morgan fingerprint density at radius 1 is 0.857 bits per heavy atom. The lowest BCUT2D eigenvalue weighted by atomic mass is 10.2. The molecule has 2 rings (SSSR count). The van der Waals surface area contributed by atoms with Crippen LogP contribution in [0.3, 0.4) is 0 Å². The highest BCUT2D eigenvalue weighted by Gasteiger charge is 2.46. The van der Waals surface area contributed by atoms with E-state index >= 15 is 0 Å². The third kappa shape index (κ3) is 2.95. The van der Waals surface area contributed by atoms with Gasteiger partial charge in [0.25, 0.3) is 0 Å². The molecule has 0 aliphatic carbocycles. The molecule has 2 aromatic rings. The summed E-state index contributed by atoms with van der Waals surface area (Å²) in [4.78, 5) is 0. The Labute approximate surface area is 129 Å². The molecule has 21 heavy (non-hydrogen) atoms. The molecule has 0 aliphatic heterocycles. The molecule has 0 spiro atoms. The summed E-state index contributed by atoms with van der Waals surface area (Å²) >= 11 is 0. The van der Waals surface area contributed by atoms with Gasteiger partial charge in [-0.3, -0.25) is 0 Å². The van der Waals surface area contributed by atoms with E-state index in [1.54, 1.807) is 0 Å². The van der Waals surface area contributed by atoms with Crippen molar-refractivity contribution in [3.63, 3.8) is 0 Å². The number of hydrogen-bond acceptors (Lipinski definition) is 0. The molecule has 0 heterocycles. The van der Waals surface area contributed by atoms with Gasteiger partial charge >= 0.3 is 0 Å². The molecule has 3 N–H and O–H groups in total. The van der Waals surface area contributed by atoms with Crippen LogP contribution in [0.5, 0.6) is 0 Å². The van der Waals surface area contributed by atoms with Crippen LogP contribution in [-0.2, 0) is 0 Å². The van der Waals surface area contributed by atoms with Crippen molar-refractivity contribution in [1.82, 2.24) is 0 Å². The zero-order valence-corrected chi connectivity index (χ0v) is 14.2. The summed E-state index contributed by atoms with van der Waals surface area (Å²) in [5.74, 6) is 3.29. The zero-order valence-electron chi connectivity index (χ0n) is 13.2. The summed E-state index contributed by atoms with van der Waals surface area (Å²) in [5, 5.41) is 2.87. The topological polar surface area (TPSA) is 27.6 Å². The van der Waals surface area contributed by atoms with Crippen molar-refractivity contribution in [1.29, 1.82) is 0 Å². The van der Waals surface area contributed by atoms with Crippen molar-refractivity contribution in [3.8, 4) is 11.5 Å². The first-order valence-corrected chi connectivity index (χ1v) is 9.42. The number of benzene rings is 2. The van der Waals surface area contributed by atoms with E-state index in [1.807, 2.05) is 0 Å². The third-order valence-corrected chi connectivity index (χ3v) is 9.14. The second-order valence-electron chi connectivity index (χ2n) is 6.28. The molecule has 0 radical (unpaired) electrons. The molecule has 0 amide bonds. The molecular formula is C19H24NSi+. The Bertz CT molecular complexity index is 591. The number of hydrogen-bond donors (Lipinski definition) is 1. The van der Waals surface area contributed by atoms with Gasteiger partial charge < -0.3 is 5.73 Å². The van der Waals surface area contributed by atoms with E-state index in [2.05, 4.69) is 98.6 Å². The van der Waals surface area contributed by atoms with Gasteiger partial charge in [-0.2, -0.15) is 0 Å². The fraction of sp³-hybridized carbons (Fsp3) is 0.263. The summed E-state index contributed by atoms with van der Waals surface area (Å²) < 4.78 is 0. The third-order valence-electron chi connectivity index (χ3n) is 3.94. The average Bonchev–Trinajstić information content (AvgIpc) is 2.49. The minimum atomic E-state index is -2.17. The fourth-order valence-corrected chi connectivity index (χ4v) is 7.44. The van der Waals surface area contributed by atoms with Gasteiger partial charge in [0.2, 0.25) is 8.07 Å². The smallest absolute Gasteiger partial charge is 0.204 e. The van der Waals surface area contributed by atoms with Gasteiger partial charge in [-0.1, -0.05) is 81.4 Å². The minimum absolute atomic E-state index is 0.109. The molecule has 2 heteroatoms. The standard InChI is InChI=1S/C19H23NSi/c1-19(2,3)21(16-10-15-20,17-11-6-4-7-12-17)18-13-8-5-9-14-18/h4-9,11-14H,15,20H2,1-3H3/p+1. The molecule has 0 atom stereocenters. The first-order valence-electron chi connectivity index (χ1n) is 7.42. The fourth-order valence-electron chi connectivity index (χ4n) is 2.94. The highest BCUT2D eigenvalue weighted by molar-refractivity contribution is 7.10. The lowest BCUT2D eigenvalue weighted by molar-refractivity contribution is -0.349. The summed E-state index contributed by atoms with van der Waals surface area (Å²) in [6, 6.07) is 21.6. The van der Waals surface area contributed by atoms with Crippen LogP contribution in [0.4, 0.5) is 0 Å². The minimum Gasteiger partial charge on any atom is -0.347 e. The van der Waals surface area contributed by atoms with Crippen LogP contribution in [0.2, 0.25) is 5.04 Å². The maximum atomic E-state index is 3.91. The zero-order chi connectivity index (χ0) is 15.3. The van der Waals surface area contributed by atoms with E-state index in [0.717, 1.165) is 0 Å². The van der Waals surface area contributed by atoms with Gasteiger partial charge in [0.05, 0.1) is 0 Å². The summed E-state index contributed by atoms with van der Waals surface area (Å²) in [5.41, 5.74) is 7.59. The van der Waals surface area contributed by atoms with Gasteiger partial charge in [-0.05, 0) is 21.3 Å². The molecule has 0 saturated carbocycles. The lowest BCUT2D eigenvalue weighted by Gasteiger charge is -2.39. The maximum Gasteiger partial charge on any atom is 0.204 e. The normalized spacial score (nSPS) is 11.6. The summed E-state index contributed by atoms with van der Waals surface area (Å²) in [6.07, 6.45) is 0. The van der Waals surface area contributed by atoms with Crippen molar-refractivity contribution < 1.29 is 5.73 Å². The summed E-state index contributed by atoms with van der Waals surface area (Å²) in [7, 11) is -2.17. The molecule has 0 saturated heterocycles. The molecule has 0 unspecified atom stereocenters. The van der Waals surface area contributed by atoms with Gasteiger partial charge in [-0.15, -0.1) is 5.54 Å². The second-order valence-corrected chi connectivity index (χ2v) is 10.7. The average molecular weight is 294 g/mol. The number of rotatable bonds is 2. The maximum absolute atomic E-state index is 3.91. The molecule has 1 nitrogen and oxygen atoms in total. The van der Waals surface area contributed by atoms with Crippen LogP contribution in [-0.4, -0.2) is 14.6 Å². The molecule has 0 fully saturated rings. The highest BCUT2D eigenvalue weighted by atomic mass is 28.3. The quantitative estimate of drug-likeness (QED) is 0.646. The van der Waals surface area contributed by atoms with E-state index in [4.69, 9.17) is 0 Å². The molecule has 2 aromatic carbocycles. The Morgan fingerprint density at radius 3 is 1.62 bits per heavy atom. The van der Waals surface area contributed by atoms with Crippen molar-refractivity contribution in [2.24, 2.45) is 0 Å². The summed E-state index contributed by atoms with van der Waals surface area (Å²) in [6.45, 7) is 7.61. The predicted molar refractivity (Wildman–Crippen MR) is 93.2 cm³/mol. The van der Waals surface area contributed by atoms with E-state index in [1.165, 1.54) is 10.4 Å². The first-order chi connectivity index (χ1) is 10.0. The largest absolute Gasteiger partial charge is 0.347 e. The van der Waals surface area contributed by atoms with Crippen LogP contribution < -0.4 is 16.1 Å². The SMILES string of the molecule is CC(C)(C)[Si](C#CC[NH3+])(c1ccccc1)c1ccccc1. The Morgan fingerprint density at radius 2 is 1.29 bits per heavy atom. The Balaban J connectivity index is 2.79. The van der Waals surface area contributed by atoms with Gasteiger partial charge in [0.15, 0.2) is 0 Å². The van der Waals surface area contributed by atoms with Crippen LogP contribution in [0.15, 0.2) is 60.7 Å². The van der Waals surface area contributed by atoms with Crippen molar-refractivity contribution >= 4 is 18.4 Å². The second kappa shape index (κ2) is 6.30. The molecule has 0 aliphatic rings. The highest BCUT2D eigenvalue weighted by Crippen LogP contribution is 2.35. The van der Waals surface area contributed by atoms with Crippen molar-refractivity contribution in [2.45, 2.75) is 25.8 Å². The van der Waals surface area contributed by atoms with Gasteiger partial charge in [0, 0.05) is 0 Å². The molecule has 0 bridgehead atoms. The van der Waals surface area contributed by atoms with E-state index < -0.39 is 8.07 Å². The molecule has 108 valence electrons. The Hall–Kier alpha value is -1.82. The van der Waals surface area contributed by atoms with Crippen LogP contribution in [0.25, 0.3) is 0 Å². The van der Waals surface area contributed by atoms with Gasteiger partial charge in [-0.25, -0.2) is 0 Å². The predicted octanol–water partition coefficient (Wildman–Crippen LogP) is 1.83. The number of quaternary nitrogens is 1. The van der Waals surface area contributed by atoms with Crippen LogP contribution in [0.1, 0.15) is 20.8 Å². The van der Waals surface area contributed by atoms with E-state index in [-0.39, 0.29) is 5.04 Å². The Kier molecular flexibility index (Phi) is 4.67. The van der Waals surface area contributed by atoms with Crippen LogP contribution in [0, 0.1) is 11.5 Å². The molecule has 0 aromatic heterocycles. The van der Waals surface area contributed by atoms with Crippen molar-refractivity contribution in [2.75, 3.05) is 6.54 Å². The van der Waals surface area contributed by atoms with Gasteiger partial charge in [0.1, 0.15) is 6.54 Å².